The molecular formula is C11H17N3. The van der Waals surface area contributed by atoms with Crippen LogP contribution in [0.25, 0.3) is 6.08 Å². The molecule has 1 aliphatic heterocycles. The molecule has 0 atom stereocenters. The standard InChI is InChI=1S/C11H17N3/c1-9-6-11(14(2)13-9)7-10-4-3-5-12-8-10/h6-7,12H,3-5,8H2,1-2H3/b10-7-. The predicted molar refractivity (Wildman–Crippen MR) is 58.0 cm³/mol. The molecule has 1 aromatic rings. The highest BCUT2D eigenvalue weighted by Gasteiger charge is 2.06. The topological polar surface area (TPSA) is 29.9 Å². The van der Waals surface area contributed by atoms with Gasteiger partial charge in [0.05, 0.1) is 11.4 Å². The van der Waals surface area contributed by atoms with E-state index in [9.17, 15) is 0 Å². The Morgan fingerprint density at radius 1 is 1.57 bits per heavy atom. The number of nitrogens with one attached hydrogen (secondary N) is 1. The molecule has 1 N–H and O–H groups in total. The second-order valence-corrected chi connectivity index (χ2v) is 3.92. The number of aromatic nitrogens is 2. The maximum absolute atomic E-state index is 4.33. The van der Waals surface area contributed by atoms with Crippen LogP contribution in [-0.2, 0) is 7.05 Å². The molecule has 1 aliphatic rings. The van der Waals surface area contributed by atoms with Gasteiger partial charge in [-0.1, -0.05) is 5.57 Å². The van der Waals surface area contributed by atoms with E-state index >= 15 is 0 Å². The molecule has 1 fully saturated rings. The van der Waals surface area contributed by atoms with Gasteiger partial charge in [0.15, 0.2) is 0 Å². The SMILES string of the molecule is Cc1cc(/C=C2/CCCNC2)n(C)n1. The van der Waals surface area contributed by atoms with E-state index < -0.39 is 0 Å². The van der Waals surface area contributed by atoms with E-state index in [1.54, 1.807) is 0 Å². The highest BCUT2D eigenvalue weighted by molar-refractivity contribution is 5.50. The molecule has 0 bridgehead atoms. The van der Waals surface area contributed by atoms with Gasteiger partial charge in [-0.3, -0.25) is 4.68 Å². The van der Waals surface area contributed by atoms with Gasteiger partial charge in [0.1, 0.15) is 0 Å². The number of piperidine rings is 1. The fourth-order valence-electron chi connectivity index (χ4n) is 1.88. The van der Waals surface area contributed by atoms with E-state index in [2.05, 4.69) is 22.6 Å². The number of nitrogens with zero attached hydrogens (tertiary/aromatic N) is 2. The zero-order valence-electron chi connectivity index (χ0n) is 8.88. The first-order chi connectivity index (χ1) is 6.75. The highest BCUT2D eigenvalue weighted by atomic mass is 15.3. The van der Waals surface area contributed by atoms with Crippen LogP contribution in [0.5, 0.6) is 0 Å². The van der Waals surface area contributed by atoms with Gasteiger partial charge in [0.2, 0.25) is 0 Å². The molecule has 0 radical (unpaired) electrons. The number of rotatable bonds is 1. The summed E-state index contributed by atoms with van der Waals surface area (Å²) in [5, 5.41) is 7.71. The molecule has 0 amide bonds. The van der Waals surface area contributed by atoms with Gasteiger partial charge in [-0.15, -0.1) is 0 Å². The number of aryl methyl sites for hydroxylation is 2. The summed E-state index contributed by atoms with van der Waals surface area (Å²) in [6.07, 6.45) is 4.73. The largest absolute Gasteiger partial charge is 0.313 e. The van der Waals surface area contributed by atoms with Crippen LogP contribution in [0.1, 0.15) is 24.2 Å². The molecule has 14 heavy (non-hydrogen) atoms. The summed E-state index contributed by atoms with van der Waals surface area (Å²) < 4.78 is 1.94. The Labute approximate surface area is 84.8 Å². The molecule has 1 saturated heterocycles. The van der Waals surface area contributed by atoms with Crippen LogP contribution in [-0.4, -0.2) is 22.9 Å². The molecule has 2 rings (SSSR count). The van der Waals surface area contributed by atoms with Crippen LogP contribution in [0.15, 0.2) is 11.6 Å². The van der Waals surface area contributed by atoms with Gasteiger partial charge in [0, 0.05) is 13.6 Å². The van der Waals surface area contributed by atoms with E-state index in [1.807, 2.05) is 18.7 Å². The zero-order valence-corrected chi connectivity index (χ0v) is 8.88. The van der Waals surface area contributed by atoms with Gasteiger partial charge in [-0.25, -0.2) is 0 Å². The van der Waals surface area contributed by atoms with E-state index in [1.165, 1.54) is 24.1 Å². The van der Waals surface area contributed by atoms with Crippen molar-refractivity contribution in [2.75, 3.05) is 13.1 Å². The quantitative estimate of drug-likeness (QED) is 0.729. The number of hydrogen-bond acceptors (Lipinski definition) is 2. The second-order valence-electron chi connectivity index (χ2n) is 3.92. The van der Waals surface area contributed by atoms with Gasteiger partial charge in [-0.05, 0) is 38.5 Å². The molecule has 0 saturated carbocycles. The molecule has 0 spiro atoms. The third kappa shape index (κ3) is 2.04. The molecule has 3 nitrogen and oxygen atoms in total. The summed E-state index contributed by atoms with van der Waals surface area (Å²) in [7, 11) is 2.00. The Hall–Kier alpha value is -1.09. The van der Waals surface area contributed by atoms with Crippen molar-refractivity contribution in [3.05, 3.63) is 23.0 Å². The van der Waals surface area contributed by atoms with Gasteiger partial charge in [0.25, 0.3) is 0 Å². The average Bonchev–Trinajstić information content (AvgIpc) is 2.47. The Morgan fingerprint density at radius 2 is 2.43 bits per heavy atom. The minimum atomic E-state index is 1.03. The third-order valence-electron chi connectivity index (χ3n) is 2.59. The van der Waals surface area contributed by atoms with Crippen molar-refractivity contribution in [3.8, 4) is 0 Å². The minimum absolute atomic E-state index is 1.03. The lowest BCUT2D eigenvalue weighted by molar-refractivity contribution is 0.612. The summed E-state index contributed by atoms with van der Waals surface area (Å²) >= 11 is 0. The molecule has 1 aromatic heterocycles. The van der Waals surface area contributed by atoms with Gasteiger partial charge < -0.3 is 5.32 Å². The van der Waals surface area contributed by atoms with Crippen molar-refractivity contribution in [3.63, 3.8) is 0 Å². The van der Waals surface area contributed by atoms with Crippen LogP contribution in [0.3, 0.4) is 0 Å². The van der Waals surface area contributed by atoms with E-state index in [-0.39, 0.29) is 0 Å². The maximum atomic E-state index is 4.33. The Kier molecular flexibility index (Phi) is 2.68. The number of hydrogen-bond donors (Lipinski definition) is 1. The summed E-state index contributed by atoms with van der Waals surface area (Å²) in [5.74, 6) is 0. The smallest absolute Gasteiger partial charge is 0.0609 e. The molecular weight excluding hydrogens is 174 g/mol. The third-order valence-corrected chi connectivity index (χ3v) is 2.59. The Bertz CT molecular complexity index is 341. The van der Waals surface area contributed by atoms with E-state index in [0.29, 0.717) is 0 Å². The molecule has 0 aliphatic carbocycles. The fraction of sp³-hybridized carbons (Fsp3) is 0.545. The normalized spacial score (nSPS) is 20.3. The molecule has 0 aromatic carbocycles. The summed E-state index contributed by atoms with van der Waals surface area (Å²) in [5.41, 5.74) is 3.78. The fourth-order valence-corrected chi connectivity index (χ4v) is 1.88. The van der Waals surface area contributed by atoms with Crippen LogP contribution >= 0.6 is 0 Å². The molecule has 3 heteroatoms. The second kappa shape index (κ2) is 3.96. The first-order valence-electron chi connectivity index (χ1n) is 5.16. The van der Waals surface area contributed by atoms with Crippen LogP contribution < -0.4 is 5.32 Å². The van der Waals surface area contributed by atoms with E-state index in [0.717, 1.165) is 18.8 Å². The Morgan fingerprint density at radius 3 is 3.00 bits per heavy atom. The molecule has 2 heterocycles. The first-order valence-corrected chi connectivity index (χ1v) is 5.16. The van der Waals surface area contributed by atoms with Crippen molar-refractivity contribution in [1.29, 1.82) is 0 Å². The van der Waals surface area contributed by atoms with Crippen molar-refractivity contribution in [2.24, 2.45) is 7.05 Å². The summed E-state index contributed by atoms with van der Waals surface area (Å²) in [6, 6.07) is 2.13. The van der Waals surface area contributed by atoms with Crippen molar-refractivity contribution < 1.29 is 0 Å². The lowest BCUT2D eigenvalue weighted by atomic mass is 10.1. The van der Waals surface area contributed by atoms with E-state index in [4.69, 9.17) is 0 Å². The van der Waals surface area contributed by atoms with Crippen molar-refractivity contribution in [1.82, 2.24) is 15.1 Å². The maximum Gasteiger partial charge on any atom is 0.0609 e. The van der Waals surface area contributed by atoms with Crippen LogP contribution in [0.2, 0.25) is 0 Å². The lowest BCUT2D eigenvalue weighted by Gasteiger charge is -2.15. The molecule has 0 unspecified atom stereocenters. The minimum Gasteiger partial charge on any atom is -0.313 e. The lowest BCUT2D eigenvalue weighted by Crippen LogP contribution is -2.23. The summed E-state index contributed by atoms with van der Waals surface area (Å²) in [6.45, 7) is 4.22. The van der Waals surface area contributed by atoms with Crippen molar-refractivity contribution >= 4 is 6.08 Å². The average molecular weight is 191 g/mol. The summed E-state index contributed by atoms with van der Waals surface area (Å²) in [4.78, 5) is 0. The zero-order chi connectivity index (χ0) is 9.97. The highest BCUT2D eigenvalue weighted by Crippen LogP contribution is 2.14. The Balaban J connectivity index is 2.18. The van der Waals surface area contributed by atoms with Crippen LogP contribution in [0.4, 0.5) is 0 Å². The van der Waals surface area contributed by atoms with Gasteiger partial charge in [-0.2, -0.15) is 5.10 Å². The monoisotopic (exact) mass is 191 g/mol. The van der Waals surface area contributed by atoms with Crippen LogP contribution in [0, 0.1) is 6.92 Å². The van der Waals surface area contributed by atoms with Gasteiger partial charge >= 0.3 is 0 Å². The predicted octanol–water partition coefficient (Wildman–Crippen LogP) is 1.50. The van der Waals surface area contributed by atoms with Crippen molar-refractivity contribution in [2.45, 2.75) is 19.8 Å². The first kappa shape index (κ1) is 9.46. The molecule has 76 valence electrons.